The lowest BCUT2D eigenvalue weighted by atomic mass is 10.1. The number of carboxylic acids is 1. The van der Waals surface area contributed by atoms with Gasteiger partial charge in [0.25, 0.3) is 0 Å². The second-order valence-corrected chi connectivity index (χ2v) is 2.09. The van der Waals surface area contributed by atoms with E-state index in [1.807, 2.05) is 0 Å². The van der Waals surface area contributed by atoms with Crippen molar-refractivity contribution in [3.8, 4) is 0 Å². The third-order valence-corrected chi connectivity index (χ3v) is 1.55. The minimum Gasteiger partial charge on any atom is -0.480 e. The molecule has 0 amide bonds. The summed E-state index contributed by atoms with van der Waals surface area (Å²) in [5.41, 5.74) is 3.53. The van der Waals surface area contributed by atoms with Crippen molar-refractivity contribution in [2.75, 3.05) is 12.4 Å². The van der Waals surface area contributed by atoms with Gasteiger partial charge in [-0.3, -0.25) is 4.79 Å². The van der Waals surface area contributed by atoms with Crippen molar-refractivity contribution in [3.05, 3.63) is 0 Å². The second-order valence-electron chi connectivity index (χ2n) is 1.78. The van der Waals surface area contributed by atoms with Gasteiger partial charge in [-0.05, 0) is 0 Å². The van der Waals surface area contributed by atoms with Gasteiger partial charge in [0.15, 0.2) is 0 Å². The Morgan fingerprint density at radius 2 is 2.22 bits per heavy atom. The predicted octanol–water partition coefficient (Wildman–Crippen LogP) is -1.31. The van der Waals surface area contributed by atoms with E-state index in [4.69, 9.17) is 15.9 Å². The Morgan fingerprint density at radius 3 is 2.22 bits per heavy atom. The quantitative estimate of drug-likeness (QED) is 0.377. The van der Waals surface area contributed by atoms with Crippen LogP contribution in [0.1, 0.15) is 0 Å². The van der Waals surface area contributed by atoms with Gasteiger partial charge in [-0.2, -0.15) is 12.6 Å². The summed E-state index contributed by atoms with van der Waals surface area (Å²) in [4.78, 5) is 10.1. The normalized spacial score (nSPS) is 16.8. The third kappa shape index (κ3) is 1.85. The summed E-state index contributed by atoms with van der Waals surface area (Å²) >= 11 is 3.65. The van der Waals surface area contributed by atoms with Crippen molar-refractivity contribution in [2.24, 2.45) is 5.73 Å². The standard InChI is InChI=1S/C4H9NO3S/c5-4(1-6,2-9)3(7)8/h6,9H,1-2,5H2,(H,7,8). The molecule has 0 aliphatic rings. The number of aliphatic carboxylic acids is 1. The van der Waals surface area contributed by atoms with Gasteiger partial charge < -0.3 is 15.9 Å². The predicted molar refractivity (Wildman–Crippen MR) is 35.5 cm³/mol. The van der Waals surface area contributed by atoms with Gasteiger partial charge in [0.1, 0.15) is 5.54 Å². The summed E-state index contributed by atoms with van der Waals surface area (Å²) in [6.07, 6.45) is 0. The number of aliphatic hydroxyl groups excluding tert-OH is 1. The molecule has 0 bridgehead atoms. The SMILES string of the molecule is NC(CO)(CS)C(=O)O. The van der Waals surface area contributed by atoms with E-state index in [1.165, 1.54) is 0 Å². The molecule has 0 fully saturated rings. The first-order chi connectivity index (χ1) is 4.06. The monoisotopic (exact) mass is 151 g/mol. The van der Waals surface area contributed by atoms with E-state index in [9.17, 15) is 4.79 Å². The molecular formula is C4H9NO3S. The van der Waals surface area contributed by atoms with Gasteiger partial charge in [-0.15, -0.1) is 0 Å². The van der Waals surface area contributed by atoms with Gasteiger partial charge in [0.2, 0.25) is 0 Å². The van der Waals surface area contributed by atoms with E-state index in [1.54, 1.807) is 0 Å². The fourth-order valence-corrected chi connectivity index (χ4v) is 0.421. The van der Waals surface area contributed by atoms with Gasteiger partial charge in [0, 0.05) is 5.75 Å². The highest BCUT2D eigenvalue weighted by Gasteiger charge is 2.31. The highest BCUT2D eigenvalue weighted by Crippen LogP contribution is 2.00. The van der Waals surface area contributed by atoms with E-state index in [0.717, 1.165) is 0 Å². The summed E-state index contributed by atoms with van der Waals surface area (Å²) in [5.74, 6) is -1.31. The Balaban J connectivity index is 4.09. The molecule has 4 nitrogen and oxygen atoms in total. The molecule has 54 valence electrons. The molecule has 0 heterocycles. The zero-order chi connectivity index (χ0) is 7.49. The molecule has 0 aromatic carbocycles. The lowest BCUT2D eigenvalue weighted by Gasteiger charge is -2.18. The van der Waals surface area contributed by atoms with Crippen LogP contribution >= 0.6 is 12.6 Å². The Kier molecular flexibility index (Phi) is 2.96. The fourth-order valence-electron chi connectivity index (χ4n) is 0.185. The molecule has 4 N–H and O–H groups in total. The molecule has 0 saturated heterocycles. The zero-order valence-electron chi connectivity index (χ0n) is 4.74. The molecule has 0 saturated carbocycles. The maximum Gasteiger partial charge on any atom is 0.326 e. The number of aliphatic hydroxyl groups is 1. The average molecular weight is 151 g/mol. The largest absolute Gasteiger partial charge is 0.480 e. The maximum atomic E-state index is 10.1. The number of thiol groups is 1. The van der Waals surface area contributed by atoms with Crippen molar-refractivity contribution in [1.29, 1.82) is 0 Å². The lowest BCUT2D eigenvalue weighted by molar-refractivity contribution is -0.143. The van der Waals surface area contributed by atoms with Crippen LogP contribution in [-0.4, -0.2) is 34.1 Å². The second kappa shape index (κ2) is 3.05. The Morgan fingerprint density at radius 1 is 1.78 bits per heavy atom. The molecule has 0 aromatic heterocycles. The van der Waals surface area contributed by atoms with Crippen LogP contribution in [0.15, 0.2) is 0 Å². The summed E-state index contributed by atoms with van der Waals surface area (Å²) in [6.45, 7) is -0.591. The van der Waals surface area contributed by atoms with Gasteiger partial charge >= 0.3 is 5.97 Å². The topological polar surface area (TPSA) is 83.5 Å². The van der Waals surface area contributed by atoms with Crippen LogP contribution in [0.3, 0.4) is 0 Å². The summed E-state index contributed by atoms with van der Waals surface area (Å²) in [5, 5.41) is 16.7. The van der Waals surface area contributed by atoms with Crippen molar-refractivity contribution in [3.63, 3.8) is 0 Å². The summed E-state index contributed by atoms with van der Waals surface area (Å²) < 4.78 is 0. The lowest BCUT2D eigenvalue weighted by Crippen LogP contribution is -2.53. The first kappa shape index (κ1) is 8.74. The van der Waals surface area contributed by atoms with Crippen LogP contribution in [0.4, 0.5) is 0 Å². The van der Waals surface area contributed by atoms with Crippen molar-refractivity contribution in [1.82, 2.24) is 0 Å². The highest BCUT2D eigenvalue weighted by molar-refractivity contribution is 7.80. The third-order valence-electron chi connectivity index (χ3n) is 0.990. The van der Waals surface area contributed by atoms with Crippen molar-refractivity contribution in [2.45, 2.75) is 5.54 Å². The van der Waals surface area contributed by atoms with Gasteiger partial charge in [-0.1, -0.05) is 0 Å². The molecule has 1 unspecified atom stereocenters. The first-order valence-electron chi connectivity index (χ1n) is 2.31. The Hall–Kier alpha value is -0.260. The Labute approximate surface area is 58.1 Å². The van der Waals surface area contributed by atoms with E-state index in [2.05, 4.69) is 12.6 Å². The molecule has 0 rings (SSSR count). The Bertz CT molecular complexity index is 112. The average Bonchev–Trinajstić information content (AvgIpc) is 1.86. The number of nitrogens with two attached hydrogens (primary N) is 1. The van der Waals surface area contributed by atoms with E-state index in [-0.39, 0.29) is 5.75 Å². The fraction of sp³-hybridized carbons (Fsp3) is 0.750. The number of carbonyl (C=O) groups is 1. The van der Waals surface area contributed by atoms with Gasteiger partial charge in [0.05, 0.1) is 6.61 Å². The molecule has 9 heavy (non-hydrogen) atoms. The number of hydrogen-bond acceptors (Lipinski definition) is 4. The van der Waals surface area contributed by atoms with E-state index < -0.39 is 18.1 Å². The van der Waals surface area contributed by atoms with Crippen LogP contribution in [0.2, 0.25) is 0 Å². The van der Waals surface area contributed by atoms with Crippen LogP contribution in [0.5, 0.6) is 0 Å². The highest BCUT2D eigenvalue weighted by atomic mass is 32.1. The number of rotatable bonds is 3. The van der Waals surface area contributed by atoms with Crippen LogP contribution < -0.4 is 5.73 Å². The number of hydrogen-bond donors (Lipinski definition) is 4. The minimum absolute atomic E-state index is 0.0706. The molecule has 1 atom stereocenters. The van der Waals surface area contributed by atoms with E-state index >= 15 is 0 Å². The maximum absolute atomic E-state index is 10.1. The van der Waals surface area contributed by atoms with Crippen molar-refractivity contribution < 1.29 is 15.0 Å². The summed E-state index contributed by atoms with van der Waals surface area (Å²) in [7, 11) is 0. The van der Waals surface area contributed by atoms with Crippen LogP contribution in [0, 0.1) is 0 Å². The number of carboxylic acid groups (broad SMARTS) is 1. The van der Waals surface area contributed by atoms with Crippen molar-refractivity contribution >= 4 is 18.6 Å². The molecular weight excluding hydrogens is 142 g/mol. The molecule has 5 heteroatoms. The molecule has 0 radical (unpaired) electrons. The van der Waals surface area contributed by atoms with E-state index in [0.29, 0.717) is 0 Å². The molecule has 0 aromatic rings. The molecule has 0 aliphatic heterocycles. The zero-order valence-corrected chi connectivity index (χ0v) is 5.64. The van der Waals surface area contributed by atoms with Gasteiger partial charge in [-0.25, -0.2) is 0 Å². The van der Waals surface area contributed by atoms with Crippen LogP contribution in [0.25, 0.3) is 0 Å². The smallest absolute Gasteiger partial charge is 0.326 e. The van der Waals surface area contributed by atoms with Crippen LogP contribution in [-0.2, 0) is 4.79 Å². The minimum atomic E-state index is -1.58. The first-order valence-corrected chi connectivity index (χ1v) is 2.94. The molecule has 0 aliphatic carbocycles. The summed E-state index contributed by atoms with van der Waals surface area (Å²) in [6, 6.07) is 0. The molecule has 0 spiro atoms.